The van der Waals surface area contributed by atoms with Crippen molar-refractivity contribution in [2.24, 2.45) is 46.3 Å². The van der Waals surface area contributed by atoms with Crippen molar-refractivity contribution in [3.8, 4) is 0 Å². The standard InChI is InChI=1S/C29H51NO3/c1-19(8-7-17-30-26(32)33-27(2,3)4)23-11-12-24-22-10-9-20-18-21(31)13-15-28(20,5)25(22)14-16-29(23,24)6/h19-25,31H,7-18H2,1-6H3,(H,30,32)/t19?,20-,21-,22-,23+,24-,25-,28-,29+/m0/s1. The van der Waals surface area contributed by atoms with Crippen LogP contribution < -0.4 is 5.32 Å². The van der Waals surface area contributed by atoms with Gasteiger partial charge in [-0.1, -0.05) is 20.8 Å². The minimum absolute atomic E-state index is 0.0463. The molecule has 0 heterocycles. The number of ether oxygens (including phenoxy) is 1. The van der Waals surface area contributed by atoms with Gasteiger partial charge < -0.3 is 15.2 Å². The maximum atomic E-state index is 11.9. The van der Waals surface area contributed by atoms with Gasteiger partial charge in [0.25, 0.3) is 0 Å². The van der Waals surface area contributed by atoms with E-state index in [0.29, 0.717) is 23.3 Å². The molecule has 0 radical (unpaired) electrons. The van der Waals surface area contributed by atoms with E-state index >= 15 is 0 Å². The molecule has 2 N–H and O–H groups in total. The molecular formula is C29H51NO3. The quantitative estimate of drug-likeness (QED) is 0.436. The minimum atomic E-state index is -0.433. The Balaban J connectivity index is 1.32. The Kier molecular flexibility index (Phi) is 7.18. The lowest BCUT2D eigenvalue weighted by atomic mass is 9.44. The van der Waals surface area contributed by atoms with E-state index in [9.17, 15) is 9.90 Å². The molecule has 1 amide bonds. The Hall–Kier alpha value is -0.770. The molecule has 4 saturated carbocycles. The van der Waals surface area contributed by atoms with Crippen molar-refractivity contribution < 1.29 is 14.6 Å². The Morgan fingerprint density at radius 2 is 1.73 bits per heavy atom. The van der Waals surface area contributed by atoms with E-state index in [0.717, 1.165) is 48.9 Å². The predicted octanol–water partition coefficient (Wildman–Crippen LogP) is 6.95. The molecule has 0 aromatic carbocycles. The van der Waals surface area contributed by atoms with E-state index in [-0.39, 0.29) is 12.2 Å². The summed E-state index contributed by atoms with van der Waals surface area (Å²) in [6.07, 6.45) is 13.6. The lowest BCUT2D eigenvalue weighted by Gasteiger charge is -2.61. The number of hydrogen-bond donors (Lipinski definition) is 2. The molecule has 0 spiro atoms. The van der Waals surface area contributed by atoms with Gasteiger partial charge >= 0.3 is 6.09 Å². The van der Waals surface area contributed by atoms with Crippen LogP contribution in [0.15, 0.2) is 0 Å². The minimum Gasteiger partial charge on any atom is -0.444 e. The molecule has 9 atom stereocenters. The summed E-state index contributed by atoms with van der Waals surface area (Å²) in [5.41, 5.74) is 0.536. The first-order chi connectivity index (χ1) is 15.4. The van der Waals surface area contributed by atoms with Gasteiger partial charge in [0.1, 0.15) is 5.60 Å². The van der Waals surface area contributed by atoms with Crippen LogP contribution in [0.4, 0.5) is 4.79 Å². The molecular weight excluding hydrogens is 410 g/mol. The van der Waals surface area contributed by atoms with E-state index in [1.807, 2.05) is 20.8 Å². The highest BCUT2D eigenvalue weighted by molar-refractivity contribution is 5.67. The SMILES string of the molecule is CC(CCCNC(=O)OC(C)(C)C)[C@H]1CC[C@H]2[C@@H]3CC[C@H]4C[C@@H](O)CC[C@]4(C)[C@H]3CC[C@]12C. The predicted molar refractivity (Wildman–Crippen MR) is 134 cm³/mol. The van der Waals surface area contributed by atoms with E-state index in [1.165, 1.54) is 51.4 Å². The van der Waals surface area contributed by atoms with E-state index in [2.05, 4.69) is 26.1 Å². The van der Waals surface area contributed by atoms with Crippen molar-refractivity contribution >= 4 is 6.09 Å². The number of aliphatic hydroxyl groups is 1. The summed E-state index contributed by atoms with van der Waals surface area (Å²) in [6.45, 7) is 14.1. The van der Waals surface area contributed by atoms with Crippen LogP contribution in [-0.2, 0) is 4.74 Å². The average molecular weight is 462 g/mol. The third-order valence-corrected chi connectivity index (χ3v) is 10.9. The van der Waals surface area contributed by atoms with Gasteiger partial charge in [-0.2, -0.15) is 0 Å². The number of carbonyl (C=O) groups excluding carboxylic acids is 1. The summed E-state index contributed by atoms with van der Waals surface area (Å²) in [6, 6.07) is 0. The fourth-order valence-corrected chi connectivity index (χ4v) is 9.34. The van der Waals surface area contributed by atoms with Gasteiger partial charge in [-0.25, -0.2) is 4.79 Å². The molecule has 33 heavy (non-hydrogen) atoms. The molecule has 4 rings (SSSR count). The van der Waals surface area contributed by atoms with Crippen LogP contribution in [0.5, 0.6) is 0 Å². The number of alkyl carbamates (subject to hydrolysis) is 1. The highest BCUT2D eigenvalue weighted by Gasteiger charge is 2.60. The molecule has 4 aliphatic rings. The topological polar surface area (TPSA) is 58.6 Å². The van der Waals surface area contributed by atoms with Crippen molar-refractivity contribution in [2.75, 3.05) is 6.54 Å². The van der Waals surface area contributed by atoms with Crippen LogP contribution in [-0.4, -0.2) is 29.4 Å². The number of hydrogen-bond acceptors (Lipinski definition) is 3. The molecule has 190 valence electrons. The maximum Gasteiger partial charge on any atom is 0.407 e. The van der Waals surface area contributed by atoms with Crippen molar-refractivity contribution in [1.29, 1.82) is 0 Å². The van der Waals surface area contributed by atoms with Crippen LogP contribution in [0, 0.1) is 46.3 Å². The number of rotatable bonds is 5. The fourth-order valence-electron chi connectivity index (χ4n) is 9.34. The first kappa shape index (κ1) is 25.3. The number of aliphatic hydroxyl groups excluding tert-OH is 1. The zero-order chi connectivity index (χ0) is 24.0. The second kappa shape index (κ2) is 9.36. The molecule has 4 fully saturated rings. The summed E-state index contributed by atoms with van der Waals surface area (Å²) in [4.78, 5) is 11.9. The zero-order valence-electron chi connectivity index (χ0n) is 22.3. The van der Waals surface area contributed by atoms with Gasteiger partial charge in [0.15, 0.2) is 0 Å². The molecule has 0 aliphatic heterocycles. The van der Waals surface area contributed by atoms with E-state index < -0.39 is 5.60 Å². The number of fused-ring (bicyclic) bond motifs is 5. The Morgan fingerprint density at radius 3 is 2.45 bits per heavy atom. The maximum absolute atomic E-state index is 11.9. The summed E-state index contributed by atoms with van der Waals surface area (Å²) in [7, 11) is 0. The van der Waals surface area contributed by atoms with Crippen LogP contribution in [0.1, 0.15) is 112 Å². The first-order valence-electron chi connectivity index (χ1n) is 14.1. The van der Waals surface area contributed by atoms with Crippen molar-refractivity contribution in [1.82, 2.24) is 5.32 Å². The second-order valence-corrected chi connectivity index (χ2v) is 13.9. The Bertz CT molecular complexity index is 701. The van der Waals surface area contributed by atoms with Crippen LogP contribution in [0.2, 0.25) is 0 Å². The lowest BCUT2D eigenvalue weighted by molar-refractivity contribution is -0.129. The molecule has 0 aromatic rings. The number of amides is 1. The van der Waals surface area contributed by atoms with Gasteiger partial charge in [-0.15, -0.1) is 0 Å². The second-order valence-electron chi connectivity index (χ2n) is 13.9. The lowest BCUT2D eigenvalue weighted by Crippen LogP contribution is -2.54. The summed E-state index contributed by atoms with van der Waals surface area (Å²) in [5.74, 6) is 4.98. The van der Waals surface area contributed by atoms with Gasteiger partial charge in [0, 0.05) is 6.54 Å². The van der Waals surface area contributed by atoms with Gasteiger partial charge in [-0.3, -0.25) is 0 Å². The van der Waals surface area contributed by atoms with Crippen molar-refractivity contribution in [3.05, 3.63) is 0 Å². The van der Waals surface area contributed by atoms with Crippen LogP contribution >= 0.6 is 0 Å². The monoisotopic (exact) mass is 461 g/mol. The first-order valence-corrected chi connectivity index (χ1v) is 14.1. The third-order valence-electron chi connectivity index (χ3n) is 10.9. The van der Waals surface area contributed by atoms with Gasteiger partial charge in [0.2, 0.25) is 0 Å². The van der Waals surface area contributed by atoms with E-state index in [4.69, 9.17) is 4.74 Å². The van der Waals surface area contributed by atoms with Crippen LogP contribution in [0.25, 0.3) is 0 Å². The largest absolute Gasteiger partial charge is 0.444 e. The van der Waals surface area contributed by atoms with Crippen molar-refractivity contribution in [3.63, 3.8) is 0 Å². The molecule has 0 saturated heterocycles. The molecule has 0 aromatic heterocycles. The van der Waals surface area contributed by atoms with Crippen LogP contribution in [0.3, 0.4) is 0 Å². The number of nitrogens with one attached hydrogen (secondary N) is 1. The Labute approximate surface area is 203 Å². The number of carbonyl (C=O) groups is 1. The summed E-state index contributed by atoms with van der Waals surface area (Å²) in [5, 5.41) is 13.2. The smallest absolute Gasteiger partial charge is 0.407 e. The third kappa shape index (κ3) is 4.98. The molecule has 0 bridgehead atoms. The van der Waals surface area contributed by atoms with Gasteiger partial charge in [0.05, 0.1) is 6.10 Å². The normalized spacial score (nSPS) is 43.7. The molecule has 4 aliphatic carbocycles. The molecule has 4 nitrogen and oxygen atoms in total. The van der Waals surface area contributed by atoms with Crippen molar-refractivity contribution in [2.45, 2.75) is 124 Å². The summed E-state index contributed by atoms with van der Waals surface area (Å²) >= 11 is 0. The molecule has 4 heteroatoms. The highest BCUT2D eigenvalue weighted by atomic mass is 16.6. The Morgan fingerprint density at radius 1 is 1.03 bits per heavy atom. The zero-order valence-corrected chi connectivity index (χ0v) is 22.3. The summed E-state index contributed by atoms with van der Waals surface area (Å²) < 4.78 is 5.37. The van der Waals surface area contributed by atoms with E-state index in [1.54, 1.807) is 0 Å². The fraction of sp³-hybridized carbons (Fsp3) is 0.966. The molecule has 1 unspecified atom stereocenters. The average Bonchev–Trinajstić information content (AvgIpc) is 3.07. The van der Waals surface area contributed by atoms with Gasteiger partial charge in [-0.05, 0) is 138 Å². The highest BCUT2D eigenvalue weighted by Crippen LogP contribution is 2.68.